The summed E-state index contributed by atoms with van der Waals surface area (Å²) in [6, 6.07) is 16.4. The second-order valence-corrected chi connectivity index (χ2v) is 8.11. The van der Waals surface area contributed by atoms with Gasteiger partial charge in [0.1, 0.15) is 11.6 Å². The smallest absolute Gasteiger partial charge is 0.225 e. The maximum Gasteiger partial charge on any atom is 0.225 e. The molecule has 8 heteroatoms. The van der Waals surface area contributed by atoms with E-state index in [9.17, 15) is 4.39 Å². The van der Waals surface area contributed by atoms with E-state index in [1.54, 1.807) is 10.7 Å². The zero-order valence-electron chi connectivity index (χ0n) is 17.8. The fourth-order valence-corrected chi connectivity index (χ4v) is 4.19. The SMILES string of the molecule is Nc1c2c(-c3cccc(F)c3)nc(NCCN3CCCC3)nc2nn1Cc1ccccc1. The molecule has 7 nitrogen and oxygen atoms in total. The van der Waals surface area contributed by atoms with Crippen molar-refractivity contribution in [2.24, 2.45) is 0 Å². The summed E-state index contributed by atoms with van der Waals surface area (Å²) in [4.78, 5) is 11.8. The Labute approximate surface area is 186 Å². The number of fused-ring (bicyclic) bond motifs is 1. The van der Waals surface area contributed by atoms with Crippen LogP contribution in [0.2, 0.25) is 0 Å². The number of nitrogen functional groups attached to an aromatic ring is 1. The minimum Gasteiger partial charge on any atom is -0.383 e. The Balaban J connectivity index is 1.52. The van der Waals surface area contributed by atoms with Crippen molar-refractivity contribution in [1.29, 1.82) is 0 Å². The molecule has 0 unspecified atom stereocenters. The molecule has 5 rings (SSSR count). The Hall–Kier alpha value is -3.52. The van der Waals surface area contributed by atoms with E-state index < -0.39 is 0 Å². The second-order valence-electron chi connectivity index (χ2n) is 8.11. The van der Waals surface area contributed by atoms with Crippen molar-refractivity contribution >= 4 is 22.8 Å². The van der Waals surface area contributed by atoms with Crippen molar-refractivity contribution in [1.82, 2.24) is 24.6 Å². The highest BCUT2D eigenvalue weighted by molar-refractivity contribution is 5.98. The highest BCUT2D eigenvalue weighted by Crippen LogP contribution is 2.32. The van der Waals surface area contributed by atoms with Gasteiger partial charge in [0.05, 0.1) is 17.6 Å². The van der Waals surface area contributed by atoms with Crippen molar-refractivity contribution in [2.45, 2.75) is 19.4 Å². The lowest BCUT2D eigenvalue weighted by Crippen LogP contribution is -2.26. The molecule has 1 aliphatic heterocycles. The van der Waals surface area contributed by atoms with Gasteiger partial charge >= 0.3 is 0 Å². The summed E-state index contributed by atoms with van der Waals surface area (Å²) in [6.07, 6.45) is 2.51. The molecule has 0 amide bonds. The monoisotopic (exact) mass is 431 g/mol. The molecule has 0 saturated carbocycles. The largest absolute Gasteiger partial charge is 0.383 e. The number of nitrogens with one attached hydrogen (secondary N) is 1. The van der Waals surface area contributed by atoms with Gasteiger partial charge in [-0.3, -0.25) is 0 Å². The standard InChI is InChI=1S/C24H26FN7/c25-19-10-6-9-18(15-19)21-20-22(26)32(16-17-7-2-1-3-8-17)30-23(20)29-24(28-21)27-11-14-31-12-4-5-13-31/h1-3,6-10,15H,4-5,11-14,16,26H2,(H,27,29,30). The zero-order valence-corrected chi connectivity index (χ0v) is 17.8. The molecular formula is C24H26FN7. The number of benzene rings is 2. The molecule has 1 saturated heterocycles. The van der Waals surface area contributed by atoms with Crippen LogP contribution in [-0.2, 0) is 6.54 Å². The van der Waals surface area contributed by atoms with E-state index in [0.29, 0.717) is 40.6 Å². The maximum absolute atomic E-state index is 14.0. The van der Waals surface area contributed by atoms with Gasteiger partial charge < -0.3 is 16.0 Å². The Morgan fingerprint density at radius 1 is 1.00 bits per heavy atom. The number of aromatic nitrogens is 4. The fourth-order valence-electron chi connectivity index (χ4n) is 4.19. The van der Waals surface area contributed by atoms with E-state index in [4.69, 9.17) is 10.7 Å². The van der Waals surface area contributed by atoms with Crippen LogP contribution >= 0.6 is 0 Å². The first-order valence-corrected chi connectivity index (χ1v) is 11.0. The Morgan fingerprint density at radius 2 is 1.81 bits per heavy atom. The number of nitrogens with two attached hydrogens (primary N) is 1. The molecule has 0 atom stereocenters. The molecular weight excluding hydrogens is 405 g/mol. The molecule has 1 aliphatic rings. The third kappa shape index (κ3) is 4.27. The molecule has 4 aromatic rings. The molecule has 32 heavy (non-hydrogen) atoms. The molecule has 0 aliphatic carbocycles. The molecule has 2 aromatic carbocycles. The summed E-state index contributed by atoms with van der Waals surface area (Å²) in [5, 5.41) is 8.61. The van der Waals surface area contributed by atoms with E-state index in [1.807, 2.05) is 36.4 Å². The van der Waals surface area contributed by atoms with E-state index in [2.05, 4.69) is 20.3 Å². The van der Waals surface area contributed by atoms with Crippen LogP contribution in [0.1, 0.15) is 18.4 Å². The van der Waals surface area contributed by atoms with Crippen molar-refractivity contribution in [3.63, 3.8) is 0 Å². The van der Waals surface area contributed by atoms with Crippen molar-refractivity contribution in [2.75, 3.05) is 37.2 Å². The van der Waals surface area contributed by atoms with Gasteiger partial charge in [0.2, 0.25) is 5.95 Å². The number of hydrogen-bond acceptors (Lipinski definition) is 6. The van der Waals surface area contributed by atoms with Crippen LogP contribution in [0.3, 0.4) is 0 Å². The molecule has 0 spiro atoms. The van der Waals surface area contributed by atoms with E-state index in [0.717, 1.165) is 31.7 Å². The molecule has 1 fully saturated rings. The van der Waals surface area contributed by atoms with Crippen LogP contribution in [0.4, 0.5) is 16.2 Å². The van der Waals surface area contributed by atoms with Crippen molar-refractivity contribution in [3.05, 3.63) is 66.0 Å². The first-order valence-electron chi connectivity index (χ1n) is 11.0. The number of hydrogen-bond donors (Lipinski definition) is 2. The summed E-state index contributed by atoms with van der Waals surface area (Å²) in [6.45, 7) is 4.45. The number of halogens is 1. The quantitative estimate of drug-likeness (QED) is 0.463. The first kappa shape index (κ1) is 20.4. The number of likely N-dealkylation sites (tertiary alicyclic amines) is 1. The van der Waals surface area contributed by atoms with E-state index in [1.165, 1.54) is 25.0 Å². The van der Waals surface area contributed by atoms with Gasteiger partial charge in [0, 0.05) is 18.7 Å². The van der Waals surface area contributed by atoms with Gasteiger partial charge in [-0.1, -0.05) is 42.5 Å². The Morgan fingerprint density at radius 3 is 2.59 bits per heavy atom. The van der Waals surface area contributed by atoms with E-state index >= 15 is 0 Å². The minimum absolute atomic E-state index is 0.326. The van der Waals surface area contributed by atoms with Gasteiger partial charge in [0.15, 0.2) is 5.65 Å². The summed E-state index contributed by atoms with van der Waals surface area (Å²) >= 11 is 0. The highest BCUT2D eigenvalue weighted by atomic mass is 19.1. The number of nitrogens with zero attached hydrogens (tertiary/aromatic N) is 5. The second kappa shape index (κ2) is 8.92. The van der Waals surface area contributed by atoms with Gasteiger partial charge in [-0.15, -0.1) is 5.10 Å². The van der Waals surface area contributed by atoms with Gasteiger partial charge in [-0.05, 0) is 43.6 Å². The molecule has 0 radical (unpaired) electrons. The first-order chi connectivity index (χ1) is 15.7. The van der Waals surface area contributed by atoms with Gasteiger partial charge in [0.25, 0.3) is 0 Å². The molecule has 164 valence electrons. The molecule has 3 N–H and O–H groups in total. The summed E-state index contributed by atoms with van der Waals surface area (Å²) in [7, 11) is 0. The number of rotatable bonds is 7. The number of anilines is 2. The predicted molar refractivity (Wildman–Crippen MR) is 125 cm³/mol. The average molecular weight is 432 g/mol. The average Bonchev–Trinajstić information content (AvgIpc) is 3.42. The lowest BCUT2D eigenvalue weighted by molar-refractivity contribution is 0.352. The van der Waals surface area contributed by atoms with Crippen LogP contribution in [0.25, 0.3) is 22.3 Å². The van der Waals surface area contributed by atoms with E-state index in [-0.39, 0.29) is 5.82 Å². The van der Waals surface area contributed by atoms with Crippen molar-refractivity contribution in [3.8, 4) is 11.3 Å². The summed E-state index contributed by atoms with van der Waals surface area (Å²) in [5.41, 5.74) is 9.30. The predicted octanol–water partition coefficient (Wildman–Crippen LogP) is 3.77. The highest BCUT2D eigenvalue weighted by Gasteiger charge is 2.19. The van der Waals surface area contributed by atoms with Crippen LogP contribution in [0.15, 0.2) is 54.6 Å². The van der Waals surface area contributed by atoms with Crippen LogP contribution in [-0.4, -0.2) is 50.8 Å². The molecule has 0 bridgehead atoms. The lowest BCUT2D eigenvalue weighted by atomic mass is 10.1. The molecule has 2 aromatic heterocycles. The Kier molecular flexibility index (Phi) is 5.68. The van der Waals surface area contributed by atoms with Crippen LogP contribution < -0.4 is 11.1 Å². The zero-order chi connectivity index (χ0) is 21.9. The van der Waals surface area contributed by atoms with Gasteiger partial charge in [-0.25, -0.2) is 14.1 Å². The minimum atomic E-state index is -0.326. The Bertz CT molecular complexity index is 1220. The summed E-state index contributed by atoms with van der Waals surface area (Å²) in [5.74, 6) is 0.611. The third-order valence-electron chi connectivity index (χ3n) is 5.82. The van der Waals surface area contributed by atoms with Crippen molar-refractivity contribution < 1.29 is 4.39 Å². The third-order valence-corrected chi connectivity index (χ3v) is 5.82. The summed E-state index contributed by atoms with van der Waals surface area (Å²) < 4.78 is 15.7. The maximum atomic E-state index is 14.0. The van der Waals surface area contributed by atoms with Crippen LogP contribution in [0.5, 0.6) is 0 Å². The van der Waals surface area contributed by atoms with Gasteiger partial charge in [-0.2, -0.15) is 4.98 Å². The topological polar surface area (TPSA) is 84.9 Å². The normalized spacial score (nSPS) is 14.3. The molecule has 3 heterocycles. The van der Waals surface area contributed by atoms with Crippen LogP contribution in [0, 0.1) is 5.82 Å². The fraction of sp³-hybridized carbons (Fsp3) is 0.292. The lowest BCUT2D eigenvalue weighted by Gasteiger charge is -2.15.